The van der Waals surface area contributed by atoms with Gasteiger partial charge in [-0.3, -0.25) is 9.89 Å². The van der Waals surface area contributed by atoms with E-state index in [0.717, 1.165) is 16.7 Å². The molecule has 156 valence electrons. The Morgan fingerprint density at radius 1 is 0.968 bits per heavy atom. The smallest absolute Gasteiger partial charge is 0.233 e. The number of nitrogens with one attached hydrogen (secondary N) is 1. The standard InChI is InChI=1S/C24H21ClN4OS/c1-29(22(17-8-4-2-5-9-17)18-10-6-3-7-11-18)21(30)16-31-24-26-23(27-28-24)19-12-14-20(25)15-13-19/h2-15,22H,16H2,1H3,(H,26,27,28). The summed E-state index contributed by atoms with van der Waals surface area (Å²) in [6.45, 7) is 0. The summed E-state index contributed by atoms with van der Waals surface area (Å²) in [5, 5.41) is 8.34. The van der Waals surface area contributed by atoms with Crippen LogP contribution >= 0.6 is 23.4 Å². The van der Waals surface area contributed by atoms with Gasteiger partial charge < -0.3 is 4.90 Å². The van der Waals surface area contributed by atoms with E-state index in [1.54, 1.807) is 17.0 Å². The lowest BCUT2D eigenvalue weighted by Crippen LogP contribution is -2.33. The van der Waals surface area contributed by atoms with Crippen LogP contribution < -0.4 is 0 Å². The van der Waals surface area contributed by atoms with Crippen LogP contribution in [-0.2, 0) is 4.79 Å². The van der Waals surface area contributed by atoms with Crippen LogP contribution in [0.3, 0.4) is 0 Å². The van der Waals surface area contributed by atoms with Crippen LogP contribution in [0.25, 0.3) is 11.4 Å². The second kappa shape index (κ2) is 9.81. The SMILES string of the molecule is CN(C(=O)CSc1n[nH]c(-c2ccc(Cl)cc2)n1)C(c1ccccc1)c1ccccc1. The highest BCUT2D eigenvalue weighted by atomic mass is 35.5. The monoisotopic (exact) mass is 448 g/mol. The fourth-order valence-corrected chi connectivity index (χ4v) is 4.18. The van der Waals surface area contributed by atoms with Crippen LogP contribution in [0.2, 0.25) is 5.02 Å². The van der Waals surface area contributed by atoms with Crippen LogP contribution in [0.15, 0.2) is 90.1 Å². The van der Waals surface area contributed by atoms with Gasteiger partial charge in [0, 0.05) is 17.6 Å². The second-order valence-corrected chi connectivity index (χ2v) is 8.37. The number of amides is 1. The van der Waals surface area contributed by atoms with Crippen molar-refractivity contribution in [1.82, 2.24) is 20.1 Å². The van der Waals surface area contributed by atoms with E-state index < -0.39 is 0 Å². The first-order valence-electron chi connectivity index (χ1n) is 9.78. The third kappa shape index (κ3) is 5.16. The number of H-pyrrole nitrogens is 1. The predicted octanol–water partition coefficient (Wildman–Crippen LogP) is 5.47. The van der Waals surface area contributed by atoms with Crippen molar-refractivity contribution in [2.45, 2.75) is 11.2 Å². The minimum absolute atomic E-state index is 0.000508. The summed E-state index contributed by atoms with van der Waals surface area (Å²) in [6, 6.07) is 27.3. The van der Waals surface area contributed by atoms with E-state index in [0.29, 0.717) is 16.0 Å². The molecule has 1 N–H and O–H groups in total. The Morgan fingerprint density at radius 3 is 2.13 bits per heavy atom. The molecule has 0 bridgehead atoms. The molecule has 0 saturated carbocycles. The number of benzene rings is 3. The fourth-order valence-electron chi connectivity index (χ4n) is 3.33. The Bertz CT molecular complexity index is 1090. The maximum absolute atomic E-state index is 13.0. The van der Waals surface area contributed by atoms with Gasteiger partial charge in [0.1, 0.15) is 0 Å². The molecule has 0 saturated heterocycles. The first-order valence-corrected chi connectivity index (χ1v) is 11.1. The Labute approximate surface area is 190 Å². The van der Waals surface area contributed by atoms with Crippen LogP contribution in [0.1, 0.15) is 17.2 Å². The van der Waals surface area contributed by atoms with E-state index in [1.807, 2.05) is 79.8 Å². The molecule has 4 aromatic rings. The molecule has 0 radical (unpaired) electrons. The first kappa shape index (κ1) is 21.2. The number of hydrogen-bond donors (Lipinski definition) is 1. The van der Waals surface area contributed by atoms with Gasteiger partial charge in [-0.15, -0.1) is 5.10 Å². The van der Waals surface area contributed by atoms with E-state index in [1.165, 1.54) is 11.8 Å². The summed E-state index contributed by atoms with van der Waals surface area (Å²) < 4.78 is 0. The van der Waals surface area contributed by atoms with Crippen molar-refractivity contribution in [2.75, 3.05) is 12.8 Å². The van der Waals surface area contributed by atoms with Gasteiger partial charge in [-0.05, 0) is 35.4 Å². The highest BCUT2D eigenvalue weighted by Crippen LogP contribution is 2.28. The number of thioether (sulfide) groups is 1. The van der Waals surface area contributed by atoms with Gasteiger partial charge in [-0.1, -0.05) is 84.0 Å². The van der Waals surface area contributed by atoms with Crippen LogP contribution in [-0.4, -0.2) is 38.8 Å². The summed E-state index contributed by atoms with van der Waals surface area (Å²) in [4.78, 5) is 19.3. The molecule has 0 fully saturated rings. The number of aromatic nitrogens is 3. The van der Waals surface area contributed by atoms with Crippen LogP contribution in [0, 0.1) is 0 Å². The third-order valence-electron chi connectivity index (χ3n) is 4.92. The van der Waals surface area contributed by atoms with Gasteiger partial charge in [0.25, 0.3) is 0 Å². The summed E-state index contributed by atoms with van der Waals surface area (Å²) >= 11 is 7.25. The van der Waals surface area contributed by atoms with Crippen LogP contribution in [0.5, 0.6) is 0 Å². The second-order valence-electron chi connectivity index (χ2n) is 6.99. The molecule has 4 rings (SSSR count). The first-order chi connectivity index (χ1) is 15.1. The molecule has 5 nitrogen and oxygen atoms in total. The zero-order valence-electron chi connectivity index (χ0n) is 16.9. The molecule has 31 heavy (non-hydrogen) atoms. The highest BCUT2D eigenvalue weighted by Gasteiger charge is 2.23. The highest BCUT2D eigenvalue weighted by molar-refractivity contribution is 7.99. The summed E-state index contributed by atoms with van der Waals surface area (Å²) in [5.74, 6) is 0.886. The topological polar surface area (TPSA) is 61.9 Å². The molecule has 1 aromatic heterocycles. The number of aromatic amines is 1. The molecular weight excluding hydrogens is 428 g/mol. The maximum Gasteiger partial charge on any atom is 0.233 e. The van der Waals surface area contributed by atoms with Crippen LogP contribution in [0.4, 0.5) is 0 Å². The lowest BCUT2D eigenvalue weighted by Gasteiger charge is -2.29. The lowest BCUT2D eigenvalue weighted by molar-refractivity contribution is -0.128. The van der Waals surface area contributed by atoms with Gasteiger partial charge in [0.15, 0.2) is 5.82 Å². The van der Waals surface area contributed by atoms with Crippen molar-refractivity contribution < 1.29 is 4.79 Å². The zero-order valence-corrected chi connectivity index (χ0v) is 18.5. The molecule has 1 heterocycles. The minimum atomic E-state index is -0.160. The normalized spacial score (nSPS) is 10.9. The molecule has 7 heteroatoms. The van der Waals surface area contributed by atoms with Crippen molar-refractivity contribution >= 4 is 29.3 Å². The quantitative estimate of drug-likeness (QED) is 0.381. The van der Waals surface area contributed by atoms with Crippen molar-refractivity contribution in [3.8, 4) is 11.4 Å². The van der Waals surface area contributed by atoms with Gasteiger partial charge in [0.2, 0.25) is 11.1 Å². The summed E-state index contributed by atoms with van der Waals surface area (Å²) in [7, 11) is 1.84. The average Bonchev–Trinajstić information content (AvgIpc) is 3.28. The molecule has 0 spiro atoms. The number of hydrogen-bond acceptors (Lipinski definition) is 4. The molecule has 0 unspecified atom stereocenters. The summed E-state index contributed by atoms with van der Waals surface area (Å²) in [6.07, 6.45) is 0. The zero-order chi connectivity index (χ0) is 21.6. The maximum atomic E-state index is 13.0. The largest absolute Gasteiger partial charge is 0.334 e. The number of halogens is 1. The third-order valence-corrected chi connectivity index (χ3v) is 6.00. The molecule has 0 aliphatic heterocycles. The number of carbonyl (C=O) groups excluding carboxylic acids is 1. The van der Waals surface area contributed by atoms with Crippen molar-refractivity contribution in [2.24, 2.45) is 0 Å². The Morgan fingerprint density at radius 2 is 1.55 bits per heavy atom. The van der Waals surface area contributed by atoms with Gasteiger partial charge in [0.05, 0.1) is 11.8 Å². The van der Waals surface area contributed by atoms with Crippen molar-refractivity contribution in [3.63, 3.8) is 0 Å². The van der Waals surface area contributed by atoms with Gasteiger partial charge in [-0.2, -0.15) is 0 Å². The van der Waals surface area contributed by atoms with E-state index in [-0.39, 0.29) is 17.7 Å². The predicted molar refractivity (Wildman–Crippen MR) is 125 cm³/mol. The van der Waals surface area contributed by atoms with Gasteiger partial charge >= 0.3 is 0 Å². The Kier molecular flexibility index (Phi) is 6.70. The molecule has 0 aliphatic rings. The van der Waals surface area contributed by atoms with Crippen molar-refractivity contribution in [3.05, 3.63) is 101 Å². The van der Waals surface area contributed by atoms with E-state index in [9.17, 15) is 4.79 Å². The Hall–Kier alpha value is -3.09. The number of rotatable bonds is 7. The van der Waals surface area contributed by atoms with E-state index in [4.69, 9.17) is 11.6 Å². The number of carbonyl (C=O) groups is 1. The molecular formula is C24H21ClN4OS. The minimum Gasteiger partial charge on any atom is -0.334 e. The number of nitrogens with zero attached hydrogens (tertiary/aromatic N) is 3. The van der Waals surface area contributed by atoms with E-state index in [2.05, 4.69) is 15.2 Å². The Balaban J connectivity index is 1.46. The summed E-state index contributed by atoms with van der Waals surface area (Å²) in [5.41, 5.74) is 3.02. The van der Waals surface area contributed by atoms with Crippen molar-refractivity contribution in [1.29, 1.82) is 0 Å². The van der Waals surface area contributed by atoms with E-state index >= 15 is 0 Å². The molecule has 1 amide bonds. The van der Waals surface area contributed by atoms with Gasteiger partial charge in [-0.25, -0.2) is 4.98 Å². The molecule has 3 aromatic carbocycles. The average molecular weight is 449 g/mol. The molecule has 0 atom stereocenters. The molecule has 0 aliphatic carbocycles. The lowest BCUT2D eigenvalue weighted by atomic mass is 9.97. The fraction of sp³-hybridized carbons (Fsp3) is 0.125.